The van der Waals surface area contributed by atoms with Gasteiger partial charge >= 0.3 is 0 Å². The number of nitrogens with zero attached hydrogens (tertiary/aromatic N) is 2. The number of likely N-dealkylation sites (tertiary alicyclic amines) is 1. The average molecular weight is 439 g/mol. The van der Waals surface area contributed by atoms with Gasteiger partial charge in [0.15, 0.2) is 0 Å². The lowest BCUT2D eigenvalue weighted by molar-refractivity contribution is -0.140. The Hall–Kier alpha value is -3.73. The van der Waals surface area contributed by atoms with Crippen LogP contribution in [0.2, 0.25) is 0 Å². The zero-order valence-electron chi connectivity index (χ0n) is 18.6. The summed E-state index contributed by atoms with van der Waals surface area (Å²) in [6, 6.07) is 16.6. The van der Waals surface area contributed by atoms with E-state index in [0.29, 0.717) is 5.56 Å². The molecule has 1 atom stereocenters. The van der Waals surface area contributed by atoms with Crippen LogP contribution in [0.25, 0.3) is 5.76 Å². The van der Waals surface area contributed by atoms with E-state index in [9.17, 15) is 14.7 Å². The fourth-order valence-corrected chi connectivity index (χ4v) is 4.98. The first-order chi connectivity index (χ1) is 16.0. The number of carbonyl (C=O) groups is 2. The monoisotopic (exact) mass is 438 g/mol. The number of Topliss-reactive ketones (excluding diaryl/α,β-unsaturated/α-hetero) is 1. The van der Waals surface area contributed by atoms with Crippen molar-refractivity contribution in [2.45, 2.75) is 45.2 Å². The molecular weight excluding hydrogens is 412 g/mol. The van der Waals surface area contributed by atoms with Crippen molar-refractivity contribution in [3.8, 4) is 0 Å². The summed E-state index contributed by atoms with van der Waals surface area (Å²) in [5, 5.41) is 11.4. The molecule has 5 nitrogen and oxygen atoms in total. The maximum Gasteiger partial charge on any atom is 0.295 e. The lowest BCUT2D eigenvalue weighted by atomic mass is 9.88. The normalized spacial score (nSPS) is 19.5. The minimum Gasteiger partial charge on any atom is -0.507 e. The SMILES string of the molecule is Cc1ccccc1C1/C(=C(\O)c2ccc3c(c2)CCCC3)C(=O)C(=O)N1Cc1cccnc1. The van der Waals surface area contributed by atoms with Gasteiger partial charge in [0.2, 0.25) is 0 Å². The standard InChI is InChI=1S/C28H26N2O3/c1-18-7-2-5-11-23(18)25-24(26(31)22-13-12-20-9-3-4-10-21(20)15-22)27(32)28(33)30(25)17-19-8-6-14-29-16-19/h2,5-8,11-16,25,31H,3-4,9-10,17H2,1H3/b26-24+. The molecule has 166 valence electrons. The van der Waals surface area contributed by atoms with Crippen LogP contribution in [-0.4, -0.2) is 26.7 Å². The second-order valence-electron chi connectivity index (χ2n) is 8.84. The van der Waals surface area contributed by atoms with E-state index >= 15 is 0 Å². The van der Waals surface area contributed by atoms with Gasteiger partial charge in [-0.15, -0.1) is 0 Å². The third-order valence-corrected chi connectivity index (χ3v) is 6.72. The molecule has 1 aliphatic carbocycles. The Morgan fingerprint density at radius 1 is 1.03 bits per heavy atom. The van der Waals surface area contributed by atoms with Crippen LogP contribution in [0.1, 0.15) is 52.3 Å². The second kappa shape index (κ2) is 8.66. The molecular formula is C28H26N2O3. The molecule has 5 rings (SSSR count). The Morgan fingerprint density at radius 2 is 1.82 bits per heavy atom. The maximum absolute atomic E-state index is 13.3. The summed E-state index contributed by atoms with van der Waals surface area (Å²) in [6.45, 7) is 2.19. The molecule has 2 heterocycles. The van der Waals surface area contributed by atoms with Crippen molar-refractivity contribution in [3.05, 3.63) is 106 Å². The van der Waals surface area contributed by atoms with Gasteiger partial charge in [-0.25, -0.2) is 0 Å². The van der Waals surface area contributed by atoms with Crippen molar-refractivity contribution < 1.29 is 14.7 Å². The Morgan fingerprint density at radius 3 is 2.58 bits per heavy atom. The van der Waals surface area contributed by atoms with Crippen molar-refractivity contribution in [3.63, 3.8) is 0 Å². The van der Waals surface area contributed by atoms with Gasteiger partial charge in [-0.1, -0.05) is 42.5 Å². The third kappa shape index (κ3) is 3.84. The number of carbonyl (C=O) groups excluding carboxylic acids is 2. The predicted molar refractivity (Wildman–Crippen MR) is 126 cm³/mol. The van der Waals surface area contributed by atoms with E-state index in [-0.39, 0.29) is 17.9 Å². The average Bonchev–Trinajstić information content (AvgIpc) is 3.09. The van der Waals surface area contributed by atoms with Crippen molar-refractivity contribution in [2.24, 2.45) is 0 Å². The van der Waals surface area contributed by atoms with Crippen LogP contribution in [0.15, 0.2) is 72.6 Å². The predicted octanol–water partition coefficient (Wildman–Crippen LogP) is 4.89. The lowest BCUT2D eigenvalue weighted by Crippen LogP contribution is -2.29. The molecule has 2 aliphatic rings. The summed E-state index contributed by atoms with van der Waals surface area (Å²) in [4.78, 5) is 32.2. The van der Waals surface area contributed by atoms with E-state index in [1.54, 1.807) is 17.3 Å². The number of hydrogen-bond donors (Lipinski definition) is 1. The second-order valence-corrected chi connectivity index (χ2v) is 8.84. The summed E-state index contributed by atoms with van der Waals surface area (Å²) < 4.78 is 0. The van der Waals surface area contributed by atoms with Crippen molar-refractivity contribution >= 4 is 17.4 Å². The van der Waals surface area contributed by atoms with Crippen LogP contribution in [-0.2, 0) is 29.0 Å². The first-order valence-corrected chi connectivity index (χ1v) is 11.4. The van der Waals surface area contributed by atoms with Gasteiger partial charge in [0, 0.05) is 24.5 Å². The molecule has 0 saturated carbocycles. The number of amides is 1. The van der Waals surface area contributed by atoms with Gasteiger partial charge in [-0.2, -0.15) is 0 Å². The molecule has 1 aliphatic heterocycles. The van der Waals surface area contributed by atoms with Crippen LogP contribution in [0.3, 0.4) is 0 Å². The Kier molecular flexibility index (Phi) is 5.55. The Bertz CT molecular complexity index is 1260. The number of benzene rings is 2. The van der Waals surface area contributed by atoms with Crippen LogP contribution in [0, 0.1) is 6.92 Å². The van der Waals surface area contributed by atoms with Crippen LogP contribution < -0.4 is 0 Å². The maximum atomic E-state index is 13.3. The van der Waals surface area contributed by atoms with Gasteiger partial charge < -0.3 is 10.0 Å². The summed E-state index contributed by atoms with van der Waals surface area (Å²) in [5.74, 6) is -1.36. The van der Waals surface area contributed by atoms with E-state index in [2.05, 4.69) is 4.98 Å². The smallest absolute Gasteiger partial charge is 0.295 e. The topological polar surface area (TPSA) is 70.5 Å². The zero-order valence-corrected chi connectivity index (χ0v) is 18.6. The molecule has 1 fully saturated rings. The van der Waals surface area contributed by atoms with E-state index < -0.39 is 17.7 Å². The minimum atomic E-state index is -0.664. The summed E-state index contributed by atoms with van der Waals surface area (Å²) >= 11 is 0. The van der Waals surface area contributed by atoms with E-state index in [0.717, 1.165) is 36.0 Å². The largest absolute Gasteiger partial charge is 0.507 e. The molecule has 1 N–H and O–H groups in total. The number of rotatable bonds is 4. The first-order valence-electron chi connectivity index (χ1n) is 11.4. The quantitative estimate of drug-likeness (QED) is 0.358. The number of aryl methyl sites for hydroxylation is 3. The summed E-state index contributed by atoms with van der Waals surface area (Å²) in [7, 11) is 0. The minimum absolute atomic E-state index is 0.108. The highest BCUT2D eigenvalue weighted by molar-refractivity contribution is 6.46. The molecule has 1 unspecified atom stereocenters. The van der Waals surface area contributed by atoms with Gasteiger partial charge in [-0.05, 0) is 72.6 Å². The molecule has 0 radical (unpaired) electrons. The van der Waals surface area contributed by atoms with E-state index in [1.165, 1.54) is 17.5 Å². The molecule has 33 heavy (non-hydrogen) atoms. The van der Waals surface area contributed by atoms with Crippen LogP contribution in [0.5, 0.6) is 0 Å². The Balaban J connectivity index is 1.65. The molecule has 1 aromatic heterocycles. The lowest BCUT2D eigenvalue weighted by Gasteiger charge is -2.26. The number of pyridine rings is 1. The highest BCUT2D eigenvalue weighted by atomic mass is 16.3. The molecule has 0 spiro atoms. The van der Waals surface area contributed by atoms with Crippen molar-refractivity contribution in [2.75, 3.05) is 0 Å². The number of aliphatic hydroxyl groups is 1. The van der Waals surface area contributed by atoms with Crippen molar-refractivity contribution in [1.82, 2.24) is 9.88 Å². The van der Waals surface area contributed by atoms with E-state index in [4.69, 9.17) is 0 Å². The van der Waals surface area contributed by atoms with Gasteiger partial charge in [0.1, 0.15) is 5.76 Å². The number of hydrogen-bond acceptors (Lipinski definition) is 4. The molecule has 5 heteroatoms. The number of aliphatic hydroxyl groups excluding tert-OH is 1. The first kappa shape index (κ1) is 21.1. The van der Waals surface area contributed by atoms with Crippen LogP contribution in [0.4, 0.5) is 0 Å². The summed E-state index contributed by atoms with van der Waals surface area (Å²) in [6.07, 6.45) is 7.66. The number of fused-ring (bicyclic) bond motifs is 1. The number of ketones is 1. The third-order valence-electron chi connectivity index (χ3n) is 6.72. The Labute approximate surface area is 193 Å². The van der Waals surface area contributed by atoms with Gasteiger partial charge in [0.05, 0.1) is 11.6 Å². The summed E-state index contributed by atoms with van der Waals surface area (Å²) in [5.41, 5.74) is 5.86. The molecule has 0 bridgehead atoms. The fourth-order valence-electron chi connectivity index (χ4n) is 4.98. The molecule has 3 aromatic rings. The molecule has 2 aromatic carbocycles. The fraction of sp³-hybridized carbons (Fsp3) is 0.250. The highest BCUT2D eigenvalue weighted by Gasteiger charge is 2.46. The highest BCUT2D eigenvalue weighted by Crippen LogP contribution is 2.41. The van der Waals surface area contributed by atoms with Gasteiger partial charge in [0.25, 0.3) is 11.7 Å². The van der Waals surface area contributed by atoms with Crippen molar-refractivity contribution in [1.29, 1.82) is 0 Å². The van der Waals surface area contributed by atoms with E-state index in [1.807, 2.05) is 61.5 Å². The van der Waals surface area contributed by atoms with Crippen LogP contribution >= 0.6 is 0 Å². The molecule has 1 amide bonds. The number of aromatic nitrogens is 1. The van der Waals surface area contributed by atoms with Gasteiger partial charge in [-0.3, -0.25) is 14.6 Å². The zero-order chi connectivity index (χ0) is 22.9. The molecule has 1 saturated heterocycles.